The summed E-state index contributed by atoms with van der Waals surface area (Å²) >= 11 is 0. The molecule has 1 rings (SSSR count). The lowest BCUT2D eigenvalue weighted by Gasteiger charge is -2.21. The second-order valence-corrected chi connectivity index (χ2v) is 5.82. The SMILES string of the molecule is CCS(=O)(=O)N(C)C(C#N)c1ccc(F)cc1. The zero-order valence-electron chi connectivity index (χ0n) is 9.59. The summed E-state index contributed by atoms with van der Waals surface area (Å²) in [6.07, 6.45) is 0. The molecule has 0 saturated heterocycles. The first-order valence-electron chi connectivity index (χ1n) is 5.03. The molecule has 1 aromatic rings. The van der Waals surface area contributed by atoms with E-state index < -0.39 is 21.9 Å². The Hall–Kier alpha value is -1.45. The molecule has 4 nitrogen and oxygen atoms in total. The van der Waals surface area contributed by atoms with Gasteiger partial charge in [0.1, 0.15) is 11.9 Å². The molecule has 1 atom stereocenters. The smallest absolute Gasteiger partial charge is 0.212 e. The molecule has 1 aromatic carbocycles. The van der Waals surface area contributed by atoms with Gasteiger partial charge in [-0.05, 0) is 24.6 Å². The van der Waals surface area contributed by atoms with Crippen LogP contribution in [0.25, 0.3) is 0 Å². The molecule has 0 bridgehead atoms. The molecule has 0 fully saturated rings. The Morgan fingerprint density at radius 2 is 1.94 bits per heavy atom. The van der Waals surface area contributed by atoms with Crippen molar-refractivity contribution < 1.29 is 12.8 Å². The van der Waals surface area contributed by atoms with Crippen LogP contribution >= 0.6 is 0 Å². The van der Waals surface area contributed by atoms with E-state index in [1.54, 1.807) is 0 Å². The number of hydrogen-bond donors (Lipinski definition) is 0. The van der Waals surface area contributed by atoms with Crippen molar-refractivity contribution in [3.63, 3.8) is 0 Å². The van der Waals surface area contributed by atoms with Crippen LogP contribution in [0.2, 0.25) is 0 Å². The molecule has 1 unspecified atom stereocenters. The van der Waals surface area contributed by atoms with Crippen molar-refractivity contribution in [1.82, 2.24) is 4.31 Å². The molecule has 17 heavy (non-hydrogen) atoms. The monoisotopic (exact) mass is 256 g/mol. The fraction of sp³-hybridized carbons (Fsp3) is 0.364. The highest BCUT2D eigenvalue weighted by molar-refractivity contribution is 7.89. The first kappa shape index (κ1) is 13.6. The molecule has 0 aliphatic carbocycles. The summed E-state index contributed by atoms with van der Waals surface area (Å²) in [6.45, 7) is 1.50. The highest BCUT2D eigenvalue weighted by Gasteiger charge is 2.25. The second kappa shape index (κ2) is 5.25. The minimum Gasteiger partial charge on any atom is -0.212 e. The summed E-state index contributed by atoms with van der Waals surface area (Å²) in [5.74, 6) is -0.505. The lowest BCUT2D eigenvalue weighted by Crippen LogP contribution is -2.31. The maximum atomic E-state index is 12.7. The van der Waals surface area contributed by atoms with E-state index >= 15 is 0 Å². The van der Waals surface area contributed by atoms with E-state index in [9.17, 15) is 12.8 Å². The summed E-state index contributed by atoms with van der Waals surface area (Å²) < 4.78 is 37.0. The van der Waals surface area contributed by atoms with Crippen molar-refractivity contribution >= 4 is 10.0 Å². The number of hydrogen-bond acceptors (Lipinski definition) is 3. The van der Waals surface area contributed by atoms with Crippen LogP contribution in [0.15, 0.2) is 24.3 Å². The number of nitriles is 1. The predicted octanol–water partition coefficient (Wildman–Crippen LogP) is 1.67. The maximum Gasteiger partial charge on any atom is 0.215 e. The van der Waals surface area contributed by atoms with Gasteiger partial charge in [0.05, 0.1) is 11.8 Å². The van der Waals surface area contributed by atoms with Crippen LogP contribution in [-0.2, 0) is 10.0 Å². The number of benzene rings is 1. The Labute approximate surface area is 100 Å². The number of rotatable bonds is 4. The van der Waals surface area contributed by atoms with E-state index in [-0.39, 0.29) is 5.75 Å². The number of sulfonamides is 1. The molecule has 0 aliphatic rings. The number of nitrogens with zero attached hydrogens (tertiary/aromatic N) is 2. The van der Waals surface area contributed by atoms with Crippen LogP contribution in [-0.4, -0.2) is 25.5 Å². The Kier molecular flexibility index (Phi) is 4.21. The molecular weight excluding hydrogens is 243 g/mol. The van der Waals surface area contributed by atoms with Crippen molar-refractivity contribution in [2.75, 3.05) is 12.8 Å². The lowest BCUT2D eigenvalue weighted by atomic mass is 10.1. The summed E-state index contributed by atoms with van der Waals surface area (Å²) in [5, 5.41) is 9.03. The standard InChI is InChI=1S/C11H13FN2O2S/c1-3-17(15,16)14(2)11(8-13)9-4-6-10(12)7-5-9/h4-7,11H,3H2,1-2H3. The van der Waals surface area contributed by atoms with E-state index in [4.69, 9.17) is 5.26 Å². The zero-order chi connectivity index (χ0) is 13.1. The molecule has 0 spiro atoms. The van der Waals surface area contributed by atoms with Crippen molar-refractivity contribution in [2.24, 2.45) is 0 Å². The highest BCUT2D eigenvalue weighted by Crippen LogP contribution is 2.21. The van der Waals surface area contributed by atoms with Gasteiger partial charge in [0.2, 0.25) is 10.0 Å². The van der Waals surface area contributed by atoms with Crippen molar-refractivity contribution in [1.29, 1.82) is 5.26 Å². The minimum atomic E-state index is -3.45. The van der Waals surface area contributed by atoms with Gasteiger partial charge in [0.15, 0.2) is 0 Å². The van der Waals surface area contributed by atoms with E-state index in [2.05, 4.69) is 0 Å². The topological polar surface area (TPSA) is 61.2 Å². The molecule has 0 heterocycles. The maximum absolute atomic E-state index is 12.7. The Bertz CT molecular complexity index is 519. The van der Waals surface area contributed by atoms with Crippen molar-refractivity contribution in [2.45, 2.75) is 13.0 Å². The minimum absolute atomic E-state index is 0.0805. The van der Waals surface area contributed by atoms with Gasteiger partial charge in [-0.2, -0.15) is 9.57 Å². The third-order valence-electron chi connectivity index (χ3n) is 2.48. The lowest BCUT2D eigenvalue weighted by molar-refractivity contribution is 0.433. The summed E-state index contributed by atoms with van der Waals surface area (Å²) in [6, 6.07) is 6.19. The fourth-order valence-electron chi connectivity index (χ4n) is 1.38. The summed E-state index contributed by atoms with van der Waals surface area (Å²) in [7, 11) is -2.11. The molecule has 0 saturated carbocycles. The van der Waals surface area contributed by atoms with Gasteiger partial charge >= 0.3 is 0 Å². The van der Waals surface area contributed by atoms with Crippen LogP contribution in [0.5, 0.6) is 0 Å². The van der Waals surface area contributed by atoms with E-state index in [0.717, 1.165) is 4.31 Å². The zero-order valence-corrected chi connectivity index (χ0v) is 10.4. The van der Waals surface area contributed by atoms with Crippen molar-refractivity contribution in [3.8, 4) is 6.07 Å². The summed E-state index contributed by atoms with van der Waals surface area (Å²) in [5.41, 5.74) is 0.452. The van der Waals surface area contributed by atoms with Gasteiger partial charge in [-0.25, -0.2) is 12.8 Å². The van der Waals surface area contributed by atoms with Gasteiger partial charge in [-0.3, -0.25) is 0 Å². The van der Waals surface area contributed by atoms with Crippen molar-refractivity contribution in [3.05, 3.63) is 35.6 Å². The molecule has 0 aromatic heterocycles. The van der Waals surface area contributed by atoms with E-state index in [0.29, 0.717) is 5.56 Å². The molecule has 92 valence electrons. The van der Waals surface area contributed by atoms with Crippen LogP contribution in [0.4, 0.5) is 4.39 Å². The Morgan fingerprint density at radius 1 is 1.41 bits per heavy atom. The quantitative estimate of drug-likeness (QED) is 0.823. The number of halogens is 1. The third-order valence-corrected chi connectivity index (χ3v) is 4.29. The molecule has 6 heteroatoms. The van der Waals surface area contributed by atoms with Gasteiger partial charge in [-0.15, -0.1) is 0 Å². The van der Waals surface area contributed by atoms with E-state index in [1.165, 1.54) is 38.2 Å². The molecular formula is C11H13FN2O2S. The first-order chi connectivity index (χ1) is 7.92. The highest BCUT2D eigenvalue weighted by atomic mass is 32.2. The van der Waals surface area contributed by atoms with Crippen LogP contribution in [0.1, 0.15) is 18.5 Å². The van der Waals surface area contributed by atoms with E-state index in [1.807, 2.05) is 6.07 Å². The summed E-state index contributed by atoms with van der Waals surface area (Å²) in [4.78, 5) is 0. The van der Waals surface area contributed by atoms with Crippen LogP contribution < -0.4 is 0 Å². The molecule has 0 amide bonds. The predicted molar refractivity (Wildman–Crippen MR) is 62.0 cm³/mol. The average Bonchev–Trinajstić information content (AvgIpc) is 2.32. The van der Waals surface area contributed by atoms with Gasteiger partial charge in [0.25, 0.3) is 0 Å². The third kappa shape index (κ3) is 3.02. The fourth-order valence-corrected chi connectivity index (χ4v) is 2.27. The average molecular weight is 256 g/mol. The Balaban J connectivity index is 3.10. The Morgan fingerprint density at radius 3 is 2.35 bits per heavy atom. The first-order valence-corrected chi connectivity index (χ1v) is 6.64. The van der Waals surface area contributed by atoms with Gasteiger partial charge < -0.3 is 0 Å². The molecule has 0 N–H and O–H groups in total. The normalized spacial score (nSPS) is 13.4. The second-order valence-electron chi connectivity index (χ2n) is 3.50. The van der Waals surface area contributed by atoms with Crippen LogP contribution in [0.3, 0.4) is 0 Å². The largest absolute Gasteiger partial charge is 0.215 e. The van der Waals surface area contributed by atoms with Gasteiger partial charge in [-0.1, -0.05) is 12.1 Å². The van der Waals surface area contributed by atoms with Crippen LogP contribution in [0, 0.1) is 17.1 Å². The molecule has 0 radical (unpaired) electrons. The molecule has 0 aliphatic heterocycles. The van der Waals surface area contributed by atoms with Gasteiger partial charge in [0, 0.05) is 7.05 Å².